The van der Waals surface area contributed by atoms with Gasteiger partial charge in [-0.2, -0.15) is 0 Å². The van der Waals surface area contributed by atoms with Crippen molar-refractivity contribution in [2.45, 2.75) is 96.8 Å². The van der Waals surface area contributed by atoms with Crippen LogP contribution in [0.5, 0.6) is 0 Å². The Morgan fingerprint density at radius 2 is 1.43 bits per heavy atom. The first-order valence-electron chi connectivity index (χ1n) is 9.13. The number of nitro groups is 1. The number of carboxylic acids is 1. The minimum atomic E-state index is -0.738. The van der Waals surface area contributed by atoms with Gasteiger partial charge in [-0.1, -0.05) is 58.3 Å². The van der Waals surface area contributed by atoms with Gasteiger partial charge >= 0.3 is 5.97 Å². The number of unbranched alkanes of at least 4 members (excludes halogenated alkanes) is 10. The summed E-state index contributed by atoms with van der Waals surface area (Å²) in [5.41, 5.74) is 0.367. The van der Waals surface area contributed by atoms with Crippen LogP contribution in [0.3, 0.4) is 0 Å². The number of carboxylic acid groups (broad SMARTS) is 1. The van der Waals surface area contributed by atoms with Gasteiger partial charge in [0.15, 0.2) is 0 Å². The van der Waals surface area contributed by atoms with Crippen LogP contribution in [-0.4, -0.2) is 16.0 Å². The molecular formula is C18H33NO4. The third kappa shape index (κ3) is 15.3. The van der Waals surface area contributed by atoms with Crippen molar-refractivity contribution in [1.29, 1.82) is 0 Å². The molecule has 0 heterocycles. The van der Waals surface area contributed by atoms with Crippen LogP contribution < -0.4 is 0 Å². The summed E-state index contributed by atoms with van der Waals surface area (Å²) in [7, 11) is 0. The molecular weight excluding hydrogens is 294 g/mol. The van der Waals surface area contributed by atoms with Crippen LogP contribution in [0, 0.1) is 10.1 Å². The molecule has 0 aromatic rings. The maximum Gasteiger partial charge on any atom is 0.303 e. The molecule has 23 heavy (non-hydrogen) atoms. The smallest absolute Gasteiger partial charge is 0.303 e. The van der Waals surface area contributed by atoms with Crippen LogP contribution in [-0.2, 0) is 4.79 Å². The molecule has 0 fully saturated rings. The average Bonchev–Trinajstić information content (AvgIpc) is 2.50. The Bertz CT molecular complexity index is 353. The van der Waals surface area contributed by atoms with Crippen LogP contribution in [0.25, 0.3) is 0 Å². The van der Waals surface area contributed by atoms with Crippen molar-refractivity contribution >= 4 is 5.97 Å². The van der Waals surface area contributed by atoms with E-state index in [1.807, 2.05) is 0 Å². The highest BCUT2D eigenvalue weighted by atomic mass is 16.6. The number of aliphatic carboxylic acids is 1. The molecule has 134 valence electrons. The predicted molar refractivity (Wildman–Crippen MR) is 93.0 cm³/mol. The van der Waals surface area contributed by atoms with Gasteiger partial charge in [0.1, 0.15) is 0 Å². The van der Waals surface area contributed by atoms with E-state index in [9.17, 15) is 14.9 Å². The summed E-state index contributed by atoms with van der Waals surface area (Å²) in [4.78, 5) is 21.1. The summed E-state index contributed by atoms with van der Waals surface area (Å²) in [5.74, 6) is -0.738. The summed E-state index contributed by atoms with van der Waals surface area (Å²) >= 11 is 0. The van der Waals surface area contributed by atoms with Gasteiger partial charge in [-0.15, -0.1) is 0 Å². The first kappa shape index (κ1) is 21.6. The highest BCUT2D eigenvalue weighted by Gasteiger charge is 2.09. The molecule has 0 aliphatic rings. The van der Waals surface area contributed by atoms with E-state index >= 15 is 0 Å². The monoisotopic (exact) mass is 327 g/mol. The fourth-order valence-corrected chi connectivity index (χ4v) is 2.57. The first-order chi connectivity index (χ1) is 11.1. The summed E-state index contributed by atoms with van der Waals surface area (Å²) in [6, 6.07) is 0. The largest absolute Gasteiger partial charge is 0.481 e. The number of carbonyl (C=O) groups is 1. The first-order valence-corrected chi connectivity index (χ1v) is 9.13. The molecule has 0 aromatic carbocycles. The van der Waals surface area contributed by atoms with Crippen molar-refractivity contribution < 1.29 is 14.8 Å². The second-order valence-corrected chi connectivity index (χ2v) is 6.17. The SMILES string of the molecule is CCCCCCCC/C(=C/CCCCCCCC(=O)O)[N+](=O)[O-]. The molecule has 0 saturated heterocycles. The summed E-state index contributed by atoms with van der Waals surface area (Å²) < 4.78 is 0. The van der Waals surface area contributed by atoms with Gasteiger partial charge in [-0.25, -0.2) is 0 Å². The topological polar surface area (TPSA) is 80.4 Å². The Morgan fingerprint density at radius 1 is 0.913 bits per heavy atom. The standard InChI is InChI=1S/C18H33NO4/c1-2-3-4-5-8-11-14-17(19(22)23)15-12-9-6-7-10-13-16-18(20)21/h15H,2-14,16H2,1H3,(H,20,21)/b17-15-. The van der Waals surface area contributed by atoms with Gasteiger partial charge in [0.05, 0.1) is 4.92 Å². The minimum absolute atomic E-state index is 0.237. The van der Waals surface area contributed by atoms with Crippen LogP contribution in [0.2, 0.25) is 0 Å². The van der Waals surface area contributed by atoms with E-state index in [2.05, 4.69) is 6.92 Å². The lowest BCUT2D eigenvalue weighted by Crippen LogP contribution is -1.99. The van der Waals surface area contributed by atoms with E-state index in [4.69, 9.17) is 5.11 Å². The molecule has 0 radical (unpaired) electrons. The molecule has 0 unspecified atom stereocenters. The molecule has 0 bridgehead atoms. The van der Waals surface area contributed by atoms with Gasteiger partial charge in [0.2, 0.25) is 5.70 Å². The minimum Gasteiger partial charge on any atom is -0.481 e. The second kappa shape index (κ2) is 15.5. The molecule has 0 aliphatic carbocycles. The Hall–Kier alpha value is -1.39. The average molecular weight is 327 g/mol. The molecule has 0 aromatic heterocycles. The summed E-state index contributed by atoms with van der Waals surface area (Å²) in [6.07, 6.45) is 14.8. The molecule has 0 atom stereocenters. The van der Waals surface area contributed by atoms with Crippen LogP contribution in [0.15, 0.2) is 11.8 Å². The normalized spacial score (nSPS) is 11.6. The predicted octanol–water partition coefficient (Wildman–Crippen LogP) is 5.71. The van der Waals surface area contributed by atoms with Gasteiger partial charge in [-0.3, -0.25) is 14.9 Å². The summed E-state index contributed by atoms with van der Waals surface area (Å²) in [6.45, 7) is 2.18. The zero-order chi connectivity index (χ0) is 17.3. The zero-order valence-corrected chi connectivity index (χ0v) is 14.6. The van der Waals surface area contributed by atoms with E-state index in [0.29, 0.717) is 12.1 Å². The number of allylic oxidation sites excluding steroid dienone is 2. The quantitative estimate of drug-likeness (QED) is 0.223. The van der Waals surface area contributed by atoms with Crippen molar-refractivity contribution in [3.8, 4) is 0 Å². The maximum absolute atomic E-state index is 11.0. The van der Waals surface area contributed by atoms with E-state index in [1.165, 1.54) is 25.7 Å². The molecule has 0 saturated carbocycles. The van der Waals surface area contributed by atoms with Gasteiger partial charge in [0, 0.05) is 12.8 Å². The van der Waals surface area contributed by atoms with Crippen molar-refractivity contribution in [3.05, 3.63) is 21.9 Å². The molecule has 1 N–H and O–H groups in total. The third-order valence-electron chi connectivity index (χ3n) is 4.00. The number of rotatable bonds is 16. The van der Waals surface area contributed by atoms with Crippen LogP contribution >= 0.6 is 0 Å². The lowest BCUT2D eigenvalue weighted by Gasteiger charge is -2.01. The van der Waals surface area contributed by atoms with Crippen molar-refractivity contribution in [2.75, 3.05) is 0 Å². The van der Waals surface area contributed by atoms with E-state index in [1.54, 1.807) is 6.08 Å². The van der Waals surface area contributed by atoms with Crippen molar-refractivity contribution in [2.24, 2.45) is 0 Å². The lowest BCUT2D eigenvalue weighted by atomic mass is 10.1. The fraction of sp³-hybridized carbons (Fsp3) is 0.833. The highest BCUT2D eigenvalue weighted by molar-refractivity contribution is 5.66. The highest BCUT2D eigenvalue weighted by Crippen LogP contribution is 2.14. The van der Waals surface area contributed by atoms with E-state index < -0.39 is 5.97 Å². The maximum atomic E-state index is 11.0. The lowest BCUT2D eigenvalue weighted by molar-refractivity contribution is -0.428. The zero-order valence-electron chi connectivity index (χ0n) is 14.6. The molecule has 0 spiro atoms. The fourth-order valence-electron chi connectivity index (χ4n) is 2.57. The van der Waals surface area contributed by atoms with Crippen LogP contribution in [0.4, 0.5) is 0 Å². The molecule has 0 rings (SSSR count). The number of hydrogen-bond acceptors (Lipinski definition) is 3. The van der Waals surface area contributed by atoms with Gasteiger partial charge in [-0.05, 0) is 31.8 Å². The second-order valence-electron chi connectivity index (χ2n) is 6.17. The molecule has 5 nitrogen and oxygen atoms in total. The van der Waals surface area contributed by atoms with E-state index in [-0.39, 0.29) is 11.3 Å². The molecule has 0 amide bonds. The summed E-state index contributed by atoms with van der Waals surface area (Å²) in [5, 5.41) is 19.5. The third-order valence-corrected chi connectivity index (χ3v) is 4.00. The Morgan fingerprint density at radius 3 is 2.00 bits per heavy atom. The number of nitrogens with zero attached hydrogens (tertiary/aromatic N) is 1. The van der Waals surface area contributed by atoms with Crippen LogP contribution in [0.1, 0.15) is 96.8 Å². The Balaban J connectivity index is 3.69. The number of hydrogen-bond donors (Lipinski definition) is 1. The Labute approximate surface area is 140 Å². The van der Waals surface area contributed by atoms with Gasteiger partial charge in [0.25, 0.3) is 0 Å². The molecule has 0 aliphatic heterocycles. The van der Waals surface area contributed by atoms with Crippen molar-refractivity contribution in [3.63, 3.8) is 0 Å². The molecule has 5 heteroatoms. The van der Waals surface area contributed by atoms with Crippen molar-refractivity contribution in [1.82, 2.24) is 0 Å². The Kier molecular flexibility index (Phi) is 14.6. The van der Waals surface area contributed by atoms with E-state index in [0.717, 1.165) is 51.4 Å². The van der Waals surface area contributed by atoms with Gasteiger partial charge < -0.3 is 5.11 Å².